The van der Waals surface area contributed by atoms with E-state index in [4.69, 9.17) is 0 Å². The molecule has 0 bridgehead atoms. The van der Waals surface area contributed by atoms with E-state index in [1.54, 1.807) is 11.1 Å². The lowest BCUT2D eigenvalue weighted by atomic mass is 9.96. The predicted octanol–water partition coefficient (Wildman–Crippen LogP) is 6.94. The molecule has 0 amide bonds. The summed E-state index contributed by atoms with van der Waals surface area (Å²) < 4.78 is 0. The predicted molar refractivity (Wildman–Crippen MR) is 111 cm³/mol. The maximum Gasteiger partial charge on any atom is 0.0665 e. The number of rotatable bonds is 4. The highest BCUT2D eigenvalue weighted by molar-refractivity contribution is 6.84. The molecule has 1 fully saturated rings. The SMILES string of the molecule is CCC[Si]1(C2c3ccccc3-c3cccc(C4=CCC=C4)c32)CCC1. The van der Waals surface area contributed by atoms with Crippen LogP contribution in [0.25, 0.3) is 16.7 Å². The summed E-state index contributed by atoms with van der Waals surface area (Å²) in [6.07, 6.45) is 11.0. The summed E-state index contributed by atoms with van der Waals surface area (Å²) >= 11 is 0. The number of hydrogen-bond acceptors (Lipinski definition) is 0. The van der Waals surface area contributed by atoms with Gasteiger partial charge in [-0.3, -0.25) is 0 Å². The quantitative estimate of drug-likeness (QED) is 0.528. The van der Waals surface area contributed by atoms with Gasteiger partial charge >= 0.3 is 0 Å². The van der Waals surface area contributed by atoms with Crippen molar-refractivity contribution in [1.82, 2.24) is 0 Å². The summed E-state index contributed by atoms with van der Waals surface area (Å²) in [6, 6.07) is 20.9. The van der Waals surface area contributed by atoms with Gasteiger partial charge in [0, 0.05) is 5.54 Å². The lowest BCUT2D eigenvalue weighted by Gasteiger charge is -2.46. The molecule has 25 heavy (non-hydrogen) atoms. The van der Waals surface area contributed by atoms with Crippen LogP contribution >= 0.6 is 0 Å². The molecule has 1 heteroatoms. The Balaban J connectivity index is 1.76. The zero-order chi connectivity index (χ0) is 16.9. The van der Waals surface area contributed by atoms with Crippen molar-refractivity contribution in [2.75, 3.05) is 0 Å². The molecular weight excluding hydrogens is 316 g/mol. The standard InChI is InChI=1S/C24H26Si/c1-2-15-25(16-8-17-25)24-22-12-6-5-11-20(22)21-14-7-13-19(23(21)24)18-9-3-4-10-18/h3,5-7,9-14,24H,2,4,8,15-17H2,1H3. The van der Waals surface area contributed by atoms with Gasteiger partial charge in [-0.15, -0.1) is 0 Å². The van der Waals surface area contributed by atoms with Gasteiger partial charge in [0.15, 0.2) is 0 Å². The zero-order valence-electron chi connectivity index (χ0n) is 15.1. The minimum absolute atomic E-state index is 0.721. The van der Waals surface area contributed by atoms with Gasteiger partial charge < -0.3 is 0 Å². The molecule has 1 aliphatic heterocycles. The first kappa shape index (κ1) is 15.4. The summed E-state index contributed by atoms with van der Waals surface area (Å²) in [4.78, 5) is 0. The maximum absolute atomic E-state index is 2.44. The fourth-order valence-electron chi connectivity index (χ4n) is 5.62. The summed E-state index contributed by atoms with van der Waals surface area (Å²) in [6.45, 7) is 2.39. The van der Waals surface area contributed by atoms with Gasteiger partial charge in [-0.05, 0) is 39.8 Å². The van der Waals surface area contributed by atoms with Crippen molar-refractivity contribution in [3.63, 3.8) is 0 Å². The van der Waals surface area contributed by atoms with Crippen LogP contribution in [0.5, 0.6) is 0 Å². The minimum atomic E-state index is -1.25. The van der Waals surface area contributed by atoms with Crippen LogP contribution in [0.1, 0.15) is 48.4 Å². The first-order valence-corrected chi connectivity index (χ1v) is 12.6. The summed E-state index contributed by atoms with van der Waals surface area (Å²) in [5.41, 5.74) is 10.1. The maximum atomic E-state index is 2.44. The van der Waals surface area contributed by atoms with Gasteiger partial charge in [0.2, 0.25) is 0 Å². The van der Waals surface area contributed by atoms with Crippen LogP contribution in [0.2, 0.25) is 18.1 Å². The Kier molecular flexibility index (Phi) is 3.60. The Labute approximate surface area is 152 Å². The van der Waals surface area contributed by atoms with Crippen LogP contribution in [0.15, 0.2) is 60.7 Å². The van der Waals surface area contributed by atoms with Crippen molar-refractivity contribution in [2.24, 2.45) is 0 Å². The highest BCUT2D eigenvalue weighted by Gasteiger charge is 2.50. The van der Waals surface area contributed by atoms with Gasteiger partial charge in [0.05, 0.1) is 8.07 Å². The third-order valence-electron chi connectivity index (χ3n) is 6.75. The lowest BCUT2D eigenvalue weighted by Crippen LogP contribution is -2.47. The number of fused-ring (bicyclic) bond motifs is 3. The molecule has 0 nitrogen and oxygen atoms in total. The average Bonchev–Trinajstić information content (AvgIpc) is 3.25. The molecule has 2 aliphatic carbocycles. The molecule has 1 unspecified atom stereocenters. The van der Waals surface area contributed by atoms with Gasteiger partial charge in [-0.25, -0.2) is 0 Å². The first-order valence-electron chi connectivity index (χ1n) is 9.93. The van der Waals surface area contributed by atoms with Crippen LogP contribution in [0, 0.1) is 0 Å². The Bertz CT molecular complexity index is 883. The summed E-state index contributed by atoms with van der Waals surface area (Å²) in [5, 5.41) is 0. The van der Waals surface area contributed by atoms with Gasteiger partial charge in [0.1, 0.15) is 0 Å². The van der Waals surface area contributed by atoms with Crippen molar-refractivity contribution in [1.29, 1.82) is 0 Å². The molecule has 126 valence electrons. The van der Waals surface area contributed by atoms with Crippen LogP contribution in [-0.2, 0) is 0 Å². The lowest BCUT2D eigenvalue weighted by molar-refractivity contribution is 0.804. The monoisotopic (exact) mass is 342 g/mol. The topological polar surface area (TPSA) is 0 Å². The Morgan fingerprint density at radius 1 is 0.960 bits per heavy atom. The van der Waals surface area contributed by atoms with Crippen LogP contribution in [0.3, 0.4) is 0 Å². The summed E-state index contributed by atoms with van der Waals surface area (Å²) in [5.74, 6) is 0. The highest BCUT2D eigenvalue weighted by Crippen LogP contribution is 2.58. The summed E-state index contributed by atoms with van der Waals surface area (Å²) in [7, 11) is -1.25. The van der Waals surface area contributed by atoms with Crippen molar-refractivity contribution in [3.05, 3.63) is 77.4 Å². The number of allylic oxidation sites excluding steroid dienone is 4. The molecule has 0 aromatic heterocycles. The van der Waals surface area contributed by atoms with Crippen molar-refractivity contribution in [2.45, 2.75) is 49.9 Å². The molecule has 0 radical (unpaired) electrons. The Hall–Kier alpha value is -1.86. The number of hydrogen-bond donors (Lipinski definition) is 0. The van der Waals surface area contributed by atoms with E-state index < -0.39 is 8.07 Å². The first-order chi connectivity index (χ1) is 12.3. The van der Waals surface area contributed by atoms with Gasteiger partial charge in [-0.2, -0.15) is 0 Å². The van der Waals surface area contributed by atoms with Crippen LogP contribution in [0.4, 0.5) is 0 Å². The second kappa shape index (κ2) is 5.84. The van der Waals surface area contributed by atoms with E-state index in [0.717, 1.165) is 12.0 Å². The number of benzene rings is 2. The van der Waals surface area contributed by atoms with Gasteiger partial charge in [0.25, 0.3) is 0 Å². The van der Waals surface area contributed by atoms with E-state index in [0.29, 0.717) is 0 Å². The van der Waals surface area contributed by atoms with E-state index in [-0.39, 0.29) is 0 Å². The Morgan fingerprint density at radius 3 is 2.48 bits per heavy atom. The van der Waals surface area contributed by atoms with Gasteiger partial charge in [-0.1, -0.05) is 98.6 Å². The van der Waals surface area contributed by atoms with E-state index in [1.165, 1.54) is 53.2 Å². The third-order valence-corrected chi connectivity index (χ3v) is 12.8. The van der Waals surface area contributed by atoms with E-state index in [1.807, 2.05) is 0 Å². The Morgan fingerprint density at radius 2 is 1.76 bits per heavy atom. The van der Waals surface area contributed by atoms with E-state index >= 15 is 0 Å². The molecule has 2 aromatic rings. The molecule has 1 atom stereocenters. The second-order valence-electron chi connectivity index (χ2n) is 8.05. The van der Waals surface area contributed by atoms with Crippen LogP contribution in [-0.4, -0.2) is 8.07 Å². The molecule has 2 aromatic carbocycles. The molecule has 1 heterocycles. The molecule has 0 N–H and O–H groups in total. The zero-order valence-corrected chi connectivity index (χ0v) is 16.1. The van der Waals surface area contributed by atoms with E-state index in [2.05, 4.69) is 67.6 Å². The molecule has 5 rings (SSSR count). The average molecular weight is 343 g/mol. The fraction of sp³-hybridized carbons (Fsp3) is 0.333. The fourth-order valence-corrected chi connectivity index (χ4v) is 11.1. The van der Waals surface area contributed by atoms with Crippen LogP contribution < -0.4 is 0 Å². The molecule has 1 saturated heterocycles. The van der Waals surface area contributed by atoms with Crippen molar-refractivity contribution < 1.29 is 0 Å². The second-order valence-corrected chi connectivity index (χ2v) is 12.9. The molecule has 0 spiro atoms. The molecular formula is C24H26Si. The largest absolute Gasteiger partial charge is 0.0801 e. The third kappa shape index (κ3) is 2.18. The van der Waals surface area contributed by atoms with E-state index in [9.17, 15) is 0 Å². The molecule has 3 aliphatic rings. The smallest absolute Gasteiger partial charge is 0.0665 e. The van der Waals surface area contributed by atoms with Crippen molar-refractivity contribution in [3.8, 4) is 11.1 Å². The minimum Gasteiger partial charge on any atom is -0.0801 e. The van der Waals surface area contributed by atoms with Crippen molar-refractivity contribution >= 4 is 13.6 Å². The normalized spacial score (nSPS) is 22.3. The highest BCUT2D eigenvalue weighted by atomic mass is 28.3. The molecule has 0 saturated carbocycles.